The number of ether oxygens (including phenoxy) is 5. The molecule has 16 heteroatoms. The molecule has 0 bridgehead atoms. The van der Waals surface area contributed by atoms with Crippen LogP contribution in [0.5, 0.6) is 0 Å². The van der Waals surface area contributed by atoms with Gasteiger partial charge in [0.25, 0.3) is 0 Å². The number of nitrogens with one attached hydrogen (secondary N) is 1. The van der Waals surface area contributed by atoms with Crippen molar-refractivity contribution in [2.24, 2.45) is 17.3 Å². The third-order valence-electron chi connectivity index (χ3n) is 14.0. The van der Waals surface area contributed by atoms with E-state index in [9.17, 15) is 24.0 Å². The molecule has 12 nitrogen and oxygen atoms in total. The van der Waals surface area contributed by atoms with Crippen molar-refractivity contribution >= 4 is 76.7 Å². The number of benzene rings is 5. The topological polar surface area (TPSA) is 147 Å². The number of rotatable bonds is 24. The van der Waals surface area contributed by atoms with E-state index in [2.05, 4.69) is 60.4 Å². The second-order valence-electron chi connectivity index (χ2n) is 21.0. The first-order valence-corrected chi connectivity index (χ1v) is 28.4. The molecule has 0 aromatic heterocycles. The zero-order chi connectivity index (χ0) is 57.5. The molecule has 0 saturated heterocycles. The normalized spacial score (nSPS) is 14.9. The molecule has 5 aromatic rings. The highest BCUT2D eigenvalue weighted by Gasteiger charge is 2.40. The van der Waals surface area contributed by atoms with Crippen molar-refractivity contribution in [3.63, 3.8) is 0 Å². The van der Waals surface area contributed by atoms with Gasteiger partial charge in [-0.15, -0.1) is 11.8 Å². The highest BCUT2D eigenvalue weighted by molar-refractivity contribution is 8.00. The van der Waals surface area contributed by atoms with E-state index in [0.717, 1.165) is 38.9 Å². The van der Waals surface area contributed by atoms with Crippen LogP contribution in [0.2, 0.25) is 0 Å². The van der Waals surface area contributed by atoms with Crippen LogP contribution in [0, 0.1) is 17.3 Å². The number of amides is 2. The lowest BCUT2D eigenvalue weighted by molar-refractivity contribution is -0.161. The summed E-state index contributed by atoms with van der Waals surface area (Å²) in [7, 11) is 1.50. The Morgan fingerprint density at radius 1 is 0.709 bits per heavy atom. The highest BCUT2D eigenvalue weighted by atomic mass is 35.6. The summed E-state index contributed by atoms with van der Waals surface area (Å²) in [5.74, 6) is -3.03. The molecular formula is C63H71Cl3N2O10S. The van der Waals surface area contributed by atoms with Crippen LogP contribution in [-0.4, -0.2) is 95.7 Å². The summed E-state index contributed by atoms with van der Waals surface area (Å²) in [5.41, 5.74) is 6.95. The number of hydrogen-bond acceptors (Lipinski definition) is 11. The van der Waals surface area contributed by atoms with Crippen molar-refractivity contribution in [2.75, 3.05) is 32.6 Å². The molecule has 6 atom stereocenters. The summed E-state index contributed by atoms with van der Waals surface area (Å²) in [5, 5.41) is 3.15. The van der Waals surface area contributed by atoms with Crippen LogP contribution in [0.25, 0.3) is 11.1 Å². The average Bonchev–Trinajstić information content (AvgIpc) is 3.90. The minimum absolute atomic E-state index is 0.00975. The Morgan fingerprint density at radius 2 is 1.22 bits per heavy atom. The molecule has 6 rings (SSSR count). The number of nitrogens with zero attached hydrogens (tertiary/aromatic N) is 1. The van der Waals surface area contributed by atoms with Crippen molar-refractivity contribution in [1.29, 1.82) is 0 Å². The molecule has 79 heavy (non-hydrogen) atoms. The molecule has 420 valence electrons. The minimum Gasteiger partial charge on any atom is -0.460 e. The molecule has 0 heterocycles. The van der Waals surface area contributed by atoms with Gasteiger partial charge in [-0.25, -0.2) is 19.2 Å². The van der Waals surface area contributed by atoms with E-state index in [-0.39, 0.29) is 49.2 Å². The van der Waals surface area contributed by atoms with Crippen LogP contribution in [-0.2, 0) is 42.8 Å². The summed E-state index contributed by atoms with van der Waals surface area (Å²) >= 11 is 19.4. The van der Waals surface area contributed by atoms with Gasteiger partial charge in [0, 0.05) is 24.3 Å². The number of thioether (sulfide) groups is 1. The molecule has 1 aliphatic rings. The van der Waals surface area contributed by atoms with Gasteiger partial charge in [0.15, 0.2) is 0 Å². The van der Waals surface area contributed by atoms with Crippen LogP contribution in [0.1, 0.15) is 95.0 Å². The fourth-order valence-electron chi connectivity index (χ4n) is 9.56. The fraction of sp³-hybridized carbons (Fsp3) is 0.381. The van der Waals surface area contributed by atoms with Gasteiger partial charge in [-0.05, 0) is 77.0 Å². The zero-order valence-corrected chi connectivity index (χ0v) is 49.1. The van der Waals surface area contributed by atoms with Gasteiger partial charge in [0.1, 0.15) is 38.1 Å². The number of halogens is 3. The molecule has 0 aliphatic heterocycles. The average molecular weight is 1150 g/mol. The van der Waals surface area contributed by atoms with E-state index in [0.29, 0.717) is 0 Å². The maximum atomic E-state index is 14.8. The van der Waals surface area contributed by atoms with Gasteiger partial charge in [0.2, 0.25) is 9.70 Å². The first kappa shape index (κ1) is 62.0. The molecule has 2 amide bonds. The van der Waals surface area contributed by atoms with Gasteiger partial charge in [-0.1, -0.05) is 228 Å². The lowest BCUT2D eigenvalue weighted by atomic mass is 9.81. The van der Waals surface area contributed by atoms with Crippen molar-refractivity contribution in [3.8, 4) is 11.1 Å². The van der Waals surface area contributed by atoms with Crippen LogP contribution >= 0.6 is 46.6 Å². The minimum atomic E-state index is -1.94. The number of hydrogen-bond donors (Lipinski definition) is 1. The Bertz CT molecular complexity index is 2750. The number of fused-ring (bicyclic) bond motifs is 3. The zero-order valence-electron chi connectivity index (χ0n) is 46.0. The Kier molecular flexibility index (Phi) is 22.2. The summed E-state index contributed by atoms with van der Waals surface area (Å²) in [6.07, 6.45) is -0.180. The standard InChI is InChI=1S/C63H71Cl3N2O10S/c1-10-34-74-57(70)42(3)37-48(39-79-63(45-24-14-11-15-25-45,46-26-16-12-17-27-46)47-28-18-13-19-29-47)67-56(69)43(4)54(77-60(73)76-40-62(64,65)66)35-41(2)36-55(61(6,7)8)78-58(71)44(5)68(9)59(72)75-38-53-51-32-22-20-30-49(51)50-31-21-23-33-52(50)53/h10-33,37,41,43-44,48,53-55H,1,34-36,38-40H2,2-9H3,(H,67,69)/b42-37+/t41-,43-,44-,48-,54-,55-/m0/s1. The van der Waals surface area contributed by atoms with Gasteiger partial charge < -0.3 is 29.0 Å². The monoisotopic (exact) mass is 1150 g/mol. The molecule has 0 unspecified atom stereocenters. The van der Waals surface area contributed by atoms with Crippen LogP contribution in [0.3, 0.4) is 0 Å². The first-order valence-electron chi connectivity index (χ1n) is 26.3. The lowest BCUT2D eigenvalue weighted by Crippen LogP contribution is -2.45. The quantitative estimate of drug-likeness (QED) is 0.0157. The fourth-order valence-corrected chi connectivity index (χ4v) is 11.2. The molecule has 0 spiro atoms. The molecule has 1 N–H and O–H groups in total. The van der Waals surface area contributed by atoms with Gasteiger partial charge in [0.05, 0.1) is 16.7 Å². The second kappa shape index (κ2) is 28.3. The molecular weight excluding hydrogens is 1080 g/mol. The van der Waals surface area contributed by atoms with Crippen LogP contribution < -0.4 is 5.32 Å². The van der Waals surface area contributed by atoms with E-state index in [1.807, 2.05) is 119 Å². The SMILES string of the molecule is C=CCOC(=O)/C(C)=C/[C@@H](CSC(c1ccccc1)(c1ccccc1)c1ccccc1)NC(=O)[C@@H](C)[C@H](C[C@H](C)C[C@H](OC(=O)[C@H](C)N(C)C(=O)OCC1c2ccccc2-c2ccccc21)C(C)(C)C)OC(=O)OCC(Cl)(Cl)Cl. The van der Waals surface area contributed by atoms with E-state index < -0.39 is 80.9 Å². The van der Waals surface area contributed by atoms with E-state index in [4.69, 9.17) is 58.5 Å². The maximum Gasteiger partial charge on any atom is 0.508 e. The van der Waals surface area contributed by atoms with Gasteiger partial charge in [-0.3, -0.25) is 9.69 Å². The third kappa shape index (κ3) is 16.7. The van der Waals surface area contributed by atoms with Gasteiger partial charge >= 0.3 is 24.2 Å². The Labute approximate surface area is 484 Å². The van der Waals surface area contributed by atoms with Crippen LogP contribution in [0.15, 0.2) is 164 Å². The lowest BCUT2D eigenvalue weighted by Gasteiger charge is -2.37. The van der Waals surface area contributed by atoms with Gasteiger partial charge in [-0.2, -0.15) is 0 Å². The summed E-state index contributed by atoms with van der Waals surface area (Å²) in [4.78, 5) is 70.2. The predicted octanol–water partition coefficient (Wildman–Crippen LogP) is 14.0. The Hall–Kier alpha value is -6.25. The molecule has 0 radical (unpaired) electrons. The largest absolute Gasteiger partial charge is 0.508 e. The Balaban J connectivity index is 1.21. The number of likely N-dealkylation sites (N-methyl/N-ethyl adjacent to an activating group) is 1. The highest BCUT2D eigenvalue weighted by Crippen LogP contribution is 2.49. The number of carbonyl (C=O) groups is 5. The Morgan fingerprint density at radius 3 is 1.71 bits per heavy atom. The number of carbonyl (C=O) groups excluding carboxylic acids is 5. The molecule has 0 saturated carbocycles. The third-order valence-corrected chi connectivity index (χ3v) is 16.0. The van der Waals surface area contributed by atoms with Crippen LogP contribution in [0.4, 0.5) is 9.59 Å². The summed E-state index contributed by atoms with van der Waals surface area (Å²) in [6, 6.07) is 44.5. The van der Waals surface area contributed by atoms with E-state index >= 15 is 0 Å². The second-order valence-corrected chi connectivity index (χ2v) is 24.8. The molecule has 0 fully saturated rings. The smallest absolute Gasteiger partial charge is 0.460 e. The van der Waals surface area contributed by atoms with Crippen molar-refractivity contribution < 1.29 is 47.7 Å². The van der Waals surface area contributed by atoms with Crippen molar-refractivity contribution in [1.82, 2.24) is 10.2 Å². The predicted molar refractivity (Wildman–Crippen MR) is 314 cm³/mol. The molecule has 1 aliphatic carbocycles. The molecule has 5 aromatic carbocycles. The van der Waals surface area contributed by atoms with Crippen molar-refractivity contribution in [3.05, 3.63) is 192 Å². The summed E-state index contributed by atoms with van der Waals surface area (Å²) < 4.78 is 25.9. The number of alkyl halides is 3. The van der Waals surface area contributed by atoms with E-state index in [1.54, 1.807) is 38.6 Å². The maximum absolute atomic E-state index is 14.8. The van der Waals surface area contributed by atoms with Crippen molar-refractivity contribution in [2.45, 2.75) is 100 Å². The summed E-state index contributed by atoms with van der Waals surface area (Å²) in [6.45, 7) is 15.6. The number of esters is 2. The first-order chi connectivity index (χ1) is 37.5. The van der Waals surface area contributed by atoms with E-state index in [1.165, 1.54) is 18.0 Å².